The van der Waals surface area contributed by atoms with Gasteiger partial charge in [-0.3, -0.25) is 4.79 Å². The van der Waals surface area contributed by atoms with Crippen LogP contribution in [0.3, 0.4) is 0 Å². The highest BCUT2D eigenvalue weighted by molar-refractivity contribution is 7.71. The van der Waals surface area contributed by atoms with Crippen molar-refractivity contribution in [3.63, 3.8) is 0 Å². The molecule has 0 saturated heterocycles. The number of amides is 1. The molecule has 0 unspecified atom stereocenters. The molecule has 1 aliphatic heterocycles. The molecule has 2 aromatic carbocycles. The van der Waals surface area contributed by atoms with Gasteiger partial charge < -0.3 is 24.6 Å². The lowest BCUT2D eigenvalue weighted by Gasteiger charge is -2.27. The Morgan fingerprint density at radius 1 is 1.13 bits per heavy atom. The Balaban J connectivity index is 1.55. The summed E-state index contributed by atoms with van der Waals surface area (Å²) in [6.45, 7) is 0.841. The number of fused-ring (bicyclic) bond motifs is 4. The Bertz CT molecular complexity index is 1400. The number of nitrogens with zero attached hydrogens (tertiary/aromatic N) is 1. The third-order valence-electron chi connectivity index (χ3n) is 5.50. The zero-order valence-corrected chi connectivity index (χ0v) is 16.8. The average molecular weight is 424 g/mol. The monoisotopic (exact) mass is 424 g/mol. The maximum Gasteiger partial charge on any atom is 0.337 e. The highest BCUT2D eigenvalue weighted by Gasteiger charge is 2.27. The van der Waals surface area contributed by atoms with Gasteiger partial charge in [0.25, 0.3) is 5.91 Å². The third kappa shape index (κ3) is 2.89. The summed E-state index contributed by atoms with van der Waals surface area (Å²) in [6, 6.07) is 7.84. The van der Waals surface area contributed by atoms with Gasteiger partial charge >= 0.3 is 5.97 Å². The molecule has 0 spiro atoms. The lowest BCUT2D eigenvalue weighted by Crippen LogP contribution is -2.36. The molecule has 5 rings (SSSR count). The number of carbonyl (C=O) groups excluding carboxylic acids is 2. The first-order valence-corrected chi connectivity index (χ1v) is 9.78. The number of carbonyl (C=O) groups is 2. The zero-order valence-electron chi connectivity index (χ0n) is 16.0. The first-order chi connectivity index (χ1) is 14.4. The topological polar surface area (TPSA) is 94.0 Å². The fourth-order valence-corrected chi connectivity index (χ4v) is 4.29. The van der Waals surface area contributed by atoms with Crippen molar-refractivity contribution in [1.82, 2.24) is 19.9 Å². The molecular weight excluding hydrogens is 407 g/mol. The minimum absolute atomic E-state index is 0.232. The summed E-state index contributed by atoms with van der Waals surface area (Å²) in [5, 5.41) is 0.871. The van der Waals surface area contributed by atoms with Crippen molar-refractivity contribution >= 4 is 46.0 Å². The van der Waals surface area contributed by atoms with Crippen molar-refractivity contribution in [2.24, 2.45) is 0 Å². The van der Waals surface area contributed by atoms with Crippen LogP contribution in [0.5, 0.6) is 0 Å². The van der Waals surface area contributed by atoms with Crippen molar-refractivity contribution in [3.8, 4) is 0 Å². The normalized spacial score (nSPS) is 13.6. The summed E-state index contributed by atoms with van der Waals surface area (Å²) in [5.74, 6) is -1.21. The third-order valence-corrected chi connectivity index (χ3v) is 5.71. The molecule has 0 fully saturated rings. The summed E-state index contributed by atoms with van der Waals surface area (Å²) in [7, 11) is 1.34. The fourth-order valence-electron chi connectivity index (χ4n) is 4.08. The molecule has 0 atom stereocenters. The molecule has 3 N–H and O–H groups in total. The zero-order chi connectivity index (χ0) is 21.0. The molecule has 4 aromatic rings. The Labute approximate surface area is 174 Å². The number of nitrogens with one attached hydrogen (secondary N) is 3. The van der Waals surface area contributed by atoms with E-state index in [0.717, 1.165) is 22.2 Å². The van der Waals surface area contributed by atoms with Crippen LogP contribution in [0.4, 0.5) is 4.39 Å². The predicted molar refractivity (Wildman–Crippen MR) is 112 cm³/mol. The summed E-state index contributed by atoms with van der Waals surface area (Å²) in [5.41, 5.74) is 4.49. The number of aromatic nitrogens is 3. The highest BCUT2D eigenvalue weighted by atomic mass is 32.1. The first-order valence-electron chi connectivity index (χ1n) is 9.37. The van der Waals surface area contributed by atoms with Gasteiger partial charge in [-0.2, -0.15) is 0 Å². The molecule has 0 radical (unpaired) electrons. The number of ether oxygens (including phenoxy) is 1. The van der Waals surface area contributed by atoms with Crippen LogP contribution < -0.4 is 0 Å². The second-order valence-corrected chi connectivity index (χ2v) is 7.67. The van der Waals surface area contributed by atoms with Crippen LogP contribution in [0.15, 0.2) is 30.3 Å². The number of hydrogen-bond donors (Lipinski definition) is 3. The van der Waals surface area contributed by atoms with E-state index in [0.29, 0.717) is 40.9 Å². The standard InChI is InChI=1S/C21H17FN4O3S/c1-29-20(28)10-2-3-15-12(6-10)14-9-26(5-4-16(14)23-15)19(27)13-7-11(22)8-17-18(13)25-21(30)24-17/h2-3,6-8,23H,4-5,9H2,1H3,(H2,24,25,30). The van der Waals surface area contributed by atoms with E-state index in [2.05, 4.69) is 15.0 Å². The molecule has 7 nitrogen and oxygen atoms in total. The van der Waals surface area contributed by atoms with Crippen molar-refractivity contribution in [2.45, 2.75) is 13.0 Å². The molecular formula is C21H17FN4O3S. The van der Waals surface area contributed by atoms with Crippen molar-refractivity contribution in [1.29, 1.82) is 0 Å². The summed E-state index contributed by atoms with van der Waals surface area (Å²) in [4.78, 5) is 36.0. The van der Waals surface area contributed by atoms with E-state index in [4.69, 9.17) is 17.0 Å². The maximum absolute atomic E-state index is 14.1. The number of hydrogen-bond acceptors (Lipinski definition) is 4. The Kier molecular flexibility index (Phi) is 4.21. The van der Waals surface area contributed by atoms with Crippen LogP contribution in [-0.2, 0) is 17.7 Å². The SMILES string of the molecule is COC(=O)c1ccc2[nH]c3c(c2c1)CN(C(=O)c1cc(F)cc2[nH]c(=S)[nH]c12)CC3. The van der Waals surface area contributed by atoms with Crippen molar-refractivity contribution in [2.75, 3.05) is 13.7 Å². The highest BCUT2D eigenvalue weighted by Crippen LogP contribution is 2.30. The quantitative estimate of drug-likeness (QED) is 0.337. The van der Waals surface area contributed by atoms with Crippen molar-refractivity contribution in [3.05, 3.63) is 63.3 Å². The molecule has 152 valence electrons. The number of imidazole rings is 1. The van der Waals surface area contributed by atoms with Gasteiger partial charge in [0.15, 0.2) is 4.77 Å². The minimum atomic E-state index is -0.511. The number of methoxy groups -OCH3 is 1. The fraction of sp³-hybridized carbons (Fsp3) is 0.190. The number of halogens is 1. The van der Waals surface area contributed by atoms with Gasteiger partial charge in [0, 0.05) is 41.7 Å². The van der Waals surface area contributed by atoms with E-state index in [1.165, 1.54) is 19.2 Å². The van der Waals surface area contributed by atoms with Gasteiger partial charge in [0.1, 0.15) is 5.82 Å². The lowest BCUT2D eigenvalue weighted by atomic mass is 10.0. The minimum Gasteiger partial charge on any atom is -0.465 e. The molecule has 1 amide bonds. The predicted octanol–water partition coefficient (Wildman–Crippen LogP) is 3.83. The van der Waals surface area contributed by atoms with Gasteiger partial charge in [0.05, 0.1) is 29.3 Å². The molecule has 0 saturated carbocycles. The van der Waals surface area contributed by atoms with Crippen LogP contribution >= 0.6 is 12.2 Å². The summed E-state index contributed by atoms with van der Waals surface area (Å²) < 4.78 is 19.2. The largest absolute Gasteiger partial charge is 0.465 e. The number of benzene rings is 2. The van der Waals surface area contributed by atoms with Gasteiger partial charge in [-0.05, 0) is 42.5 Å². The molecule has 2 aromatic heterocycles. The van der Waals surface area contributed by atoms with Gasteiger partial charge in [-0.1, -0.05) is 0 Å². The van der Waals surface area contributed by atoms with E-state index in [9.17, 15) is 14.0 Å². The molecule has 9 heteroatoms. The van der Waals surface area contributed by atoms with Gasteiger partial charge in [-0.25, -0.2) is 9.18 Å². The molecule has 30 heavy (non-hydrogen) atoms. The van der Waals surface area contributed by atoms with Crippen LogP contribution in [-0.4, -0.2) is 45.4 Å². The Morgan fingerprint density at radius 2 is 1.97 bits per heavy atom. The van der Waals surface area contributed by atoms with E-state index < -0.39 is 11.8 Å². The Hall–Kier alpha value is -3.46. The van der Waals surface area contributed by atoms with Crippen LogP contribution in [0.1, 0.15) is 32.0 Å². The Morgan fingerprint density at radius 3 is 2.77 bits per heavy atom. The van der Waals surface area contributed by atoms with E-state index in [1.54, 1.807) is 17.0 Å². The van der Waals surface area contributed by atoms with E-state index >= 15 is 0 Å². The second kappa shape index (κ2) is 6.81. The smallest absolute Gasteiger partial charge is 0.337 e. The lowest BCUT2D eigenvalue weighted by molar-refractivity contribution is 0.0600. The van der Waals surface area contributed by atoms with Crippen LogP contribution in [0.25, 0.3) is 21.9 Å². The second-order valence-electron chi connectivity index (χ2n) is 7.27. The maximum atomic E-state index is 14.1. The first kappa shape index (κ1) is 18.6. The average Bonchev–Trinajstić information content (AvgIpc) is 3.30. The van der Waals surface area contributed by atoms with E-state index in [-0.39, 0.29) is 11.5 Å². The number of rotatable bonds is 2. The molecule has 0 aliphatic carbocycles. The molecule has 1 aliphatic rings. The number of esters is 1. The summed E-state index contributed by atoms with van der Waals surface area (Å²) in [6.07, 6.45) is 0.630. The summed E-state index contributed by atoms with van der Waals surface area (Å²) >= 11 is 5.10. The van der Waals surface area contributed by atoms with E-state index in [1.807, 2.05) is 6.07 Å². The van der Waals surface area contributed by atoms with Gasteiger partial charge in [-0.15, -0.1) is 0 Å². The molecule has 0 bridgehead atoms. The van der Waals surface area contributed by atoms with Gasteiger partial charge in [0.2, 0.25) is 0 Å². The van der Waals surface area contributed by atoms with Crippen molar-refractivity contribution < 1.29 is 18.7 Å². The number of aromatic amines is 3. The van der Waals surface area contributed by atoms with Crippen LogP contribution in [0.2, 0.25) is 0 Å². The van der Waals surface area contributed by atoms with Crippen LogP contribution in [0, 0.1) is 10.6 Å². The molecule has 3 heterocycles. The number of H-pyrrole nitrogens is 3.